The van der Waals surface area contributed by atoms with Crippen LogP contribution in [0.4, 0.5) is 0 Å². The molecule has 0 N–H and O–H groups in total. The first-order valence-corrected chi connectivity index (χ1v) is 8.09. The molecular weight excluding hydrogens is 322 g/mol. The summed E-state index contributed by atoms with van der Waals surface area (Å²) in [5.74, 6) is 0.376. The second-order valence-corrected chi connectivity index (χ2v) is 6.14. The van der Waals surface area contributed by atoms with Gasteiger partial charge in [0.1, 0.15) is 11.5 Å². The molecule has 2 atom stereocenters. The van der Waals surface area contributed by atoms with E-state index in [1.54, 1.807) is 61.2 Å². The molecule has 1 aromatic carbocycles. The largest absolute Gasteiger partial charge is 0.497 e. The topological polar surface area (TPSA) is 73.7 Å². The molecule has 25 heavy (non-hydrogen) atoms. The SMILES string of the molecule is COc1ccc(OC(=O)C2CCC(=O)N(C)C2c2cnn(C)c2)cc1. The summed E-state index contributed by atoms with van der Waals surface area (Å²) in [5.41, 5.74) is 0.828. The van der Waals surface area contributed by atoms with Crippen LogP contribution in [-0.2, 0) is 16.6 Å². The second-order valence-electron chi connectivity index (χ2n) is 6.14. The average Bonchev–Trinajstić information content (AvgIpc) is 3.03. The number of aromatic nitrogens is 2. The smallest absolute Gasteiger partial charge is 0.316 e. The number of methoxy groups -OCH3 is 1. The van der Waals surface area contributed by atoms with E-state index in [-0.39, 0.29) is 17.9 Å². The van der Waals surface area contributed by atoms with Gasteiger partial charge in [-0.05, 0) is 30.7 Å². The predicted octanol–water partition coefficient (Wildman–Crippen LogP) is 1.94. The molecule has 3 rings (SSSR count). The van der Waals surface area contributed by atoms with Crippen LogP contribution in [0.25, 0.3) is 0 Å². The number of esters is 1. The van der Waals surface area contributed by atoms with Crippen molar-refractivity contribution in [3.8, 4) is 11.5 Å². The summed E-state index contributed by atoms with van der Waals surface area (Å²) in [7, 11) is 5.10. The van der Waals surface area contributed by atoms with Crippen LogP contribution in [0, 0.1) is 5.92 Å². The van der Waals surface area contributed by atoms with Crippen molar-refractivity contribution in [2.24, 2.45) is 13.0 Å². The molecule has 2 heterocycles. The van der Waals surface area contributed by atoms with Crippen LogP contribution in [-0.4, -0.2) is 40.7 Å². The zero-order chi connectivity index (χ0) is 18.0. The molecule has 7 heteroatoms. The molecule has 0 bridgehead atoms. The van der Waals surface area contributed by atoms with Crippen molar-refractivity contribution < 1.29 is 19.1 Å². The van der Waals surface area contributed by atoms with E-state index in [9.17, 15) is 9.59 Å². The molecule has 1 saturated heterocycles. The van der Waals surface area contributed by atoms with Gasteiger partial charge in [-0.15, -0.1) is 0 Å². The Balaban J connectivity index is 1.81. The van der Waals surface area contributed by atoms with Gasteiger partial charge in [0.05, 0.1) is 25.3 Å². The number of benzene rings is 1. The fraction of sp³-hybridized carbons (Fsp3) is 0.389. The molecule has 1 amide bonds. The number of piperidine rings is 1. The van der Waals surface area contributed by atoms with Crippen LogP contribution in [0.2, 0.25) is 0 Å². The summed E-state index contributed by atoms with van der Waals surface area (Å²) in [6, 6.07) is 6.47. The average molecular weight is 343 g/mol. The van der Waals surface area contributed by atoms with Gasteiger partial charge in [-0.25, -0.2) is 0 Å². The van der Waals surface area contributed by atoms with E-state index in [2.05, 4.69) is 5.10 Å². The fourth-order valence-corrected chi connectivity index (χ4v) is 3.17. The number of aryl methyl sites for hydroxylation is 1. The molecule has 0 aliphatic carbocycles. The maximum absolute atomic E-state index is 12.7. The van der Waals surface area contributed by atoms with Gasteiger partial charge in [-0.2, -0.15) is 5.10 Å². The number of ether oxygens (including phenoxy) is 2. The van der Waals surface area contributed by atoms with Crippen molar-refractivity contribution in [1.82, 2.24) is 14.7 Å². The highest BCUT2D eigenvalue weighted by atomic mass is 16.5. The van der Waals surface area contributed by atoms with Gasteiger partial charge in [0, 0.05) is 32.3 Å². The Bertz CT molecular complexity index is 769. The van der Waals surface area contributed by atoms with Crippen molar-refractivity contribution in [3.05, 3.63) is 42.2 Å². The number of carbonyl (C=O) groups excluding carboxylic acids is 2. The van der Waals surface area contributed by atoms with Crippen LogP contribution in [0.15, 0.2) is 36.7 Å². The van der Waals surface area contributed by atoms with E-state index in [4.69, 9.17) is 9.47 Å². The summed E-state index contributed by atoms with van der Waals surface area (Å²) in [6.07, 6.45) is 4.30. The highest BCUT2D eigenvalue weighted by Crippen LogP contribution is 2.36. The van der Waals surface area contributed by atoms with E-state index >= 15 is 0 Å². The highest BCUT2D eigenvalue weighted by Gasteiger charge is 2.40. The minimum Gasteiger partial charge on any atom is -0.497 e. The third-order valence-electron chi connectivity index (χ3n) is 4.51. The molecular formula is C18H21N3O4. The first kappa shape index (κ1) is 17.0. The number of hydrogen-bond acceptors (Lipinski definition) is 5. The quantitative estimate of drug-likeness (QED) is 0.627. The van der Waals surface area contributed by atoms with Crippen molar-refractivity contribution in [2.45, 2.75) is 18.9 Å². The molecule has 1 aromatic heterocycles. The predicted molar refractivity (Wildman–Crippen MR) is 90.1 cm³/mol. The van der Waals surface area contributed by atoms with Gasteiger partial charge in [0.15, 0.2) is 0 Å². The highest BCUT2D eigenvalue weighted by molar-refractivity contribution is 5.83. The Morgan fingerprint density at radius 2 is 1.88 bits per heavy atom. The Hall–Kier alpha value is -2.83. The molecule has 132 valence electrons. The molecule has 7 nitrogen and oxygen atoms in total. The van der Waals surface area contributed by atoms with Crippen LogP contribution >= 0.6 is 0 Å². The van der Waals surface area contributed by atoms with Gasteiger partial charge in [-0.3, -0.25) is 14.3 Å². The van der Waals surface area contributed by atoms with Gasteiger partial charge >= 0.3 is 5.97 Å². The molecule has 1 fully saturated rings. The van der Waals surface area contributed by atoms with Crippen molar-refractivity contribution in [3.63, 3.8) is 0 Å². The lowest BCUT2D eigenvalue weighted by Crippen LogP contribution is -2.44. The van der Waals surface area contributed by atoms with E-state index in [0.717, 1.165) is 5.56 Å². The lowest BCUT2D eigenvalue weighted by Gasteiger charge is -2.37. The summed E-state index contributed by atoms with van der Waals surface area (Å²) >= 11 is 0. The Morgan fingerprint density at radius 3 is 2.48 bits per heavy atom. The zero-order valence-corrected chi connectivity index (χ0v) is 14.5. The Morgan fingerprint density at radius 1 is 1.20 bits per heavy atom. The maximum atomic E-state index is 12.7. The monoisotopic (exact) mass is 343 g/mol. The van der Waals surface area contributed by atoms with Gasteiger partial charge in [0.25, 0.3) is 0 Å². The molecule has 2 unspecified atom stereocenters. The molecule has 1 aliphatic rings. The first-order chi connectivity index (χ1) is 12.0. The van der Waals surface area contributed by atoms with E-state index in [0.29, 0.717) is 24.3 Å². The molecule has 0 spiro atoms. The van der Waals surface area contributed by atoms with E-state index in [1.807, 2.05) is 6.20 Å². The number of nitrogens with zero attached hydrogens (tertiary/aromatic N) is 3. The number of hydrogen-bond donors (Lipinski definition) is 0. The Labute approximate surface area is 146 Å². The third kappa shape index (κ3) is 3.50. The minimum absolute atomic E-state index is 0.0161. The first-order valence-electron chi connectivity index (χ1n) is 8.09. The molecule has 0 saturated carbocycles. The second kappa shape index (κ2) is 6.96. The molecule has 2 aromatic rings. The lowest BCUT2D eigenvalue weighted by atomic mass is 9.86. The van der Waals surface area contributed by atoms with E-state index < -0.39 is 5.92 Å². The lowest BCUT2D eigenvalue weighted by molar-refractivity contribution is -0.148. The van der Waals surface area contributed by atoms with Gasteiger partial charge in [0.2, 0.25) is 5.91 Å². The number of carbonyl (C=O) groups is 2. The minimum atomic E-state index is -0.436. The van der Waals surface area contributed by atoms with Crippen molar-refractivity contribution in [2.75, 3.05) is 14.2 Å². The summed E-state index contributed by atoms with van der Waals surface area (Å²) in [6.45, 7) is 0. The molecule has 0 radical (unpaired) electrons. The normalized spacial score (nSPS) is 20.4. The number of rotatable bonds is 4. The number of likely N-dealkylation sites (tertiary alicyclic amines) is 1. The number of amides is 1. The fourth-order valence-electron chi connectivity index (χ4n) is 3.17. The third-order valence-corrected chi connectivity index (χ3v) is 4.51. The van der Waals surface area contributed by atoms with Crippen molar-refractivity contribution in [1.29, 1.82) is 0 Å². The van der Waals surface area contributed by atoms with Crippen molar-refractivity contribution >= 4 is 11.9 Å². The maximum Gasteiger partial charge on any atom is 0.316 e. The summed E-state index contributed by atoms with van der Waals surface area (Å²) in [4.78, 5) is 26.5. The van der Waals surface area contributed by atoms with Crippen LogP contribution in [0.1, 0.15) is 24.4 Å². The zero-order valence-electron chi connectivity index (χ0n) is 14.5. The summed E-state index contributed by atoms with van der Waals surface area (Å²) < 4.78 is 12.3. The van der Waals surface area contributed by atoms with Gasteiger partial charge < -0.3 is 14.4 Å². The van der Waals surface area contributed by atoms with Crippen LogP contribution in [0.3, 0.4) is 0 Å². The van der Waals surface area contributed by atoms with Gasteiger partial charge in [-0.1, -0.05) is 0 Å². The van der Waals surface area contributed by atoms with Crippen LogP contribution < -0.4 is 9.47 Å². The van der Waals surface area contributed by atoms with Crippen LogP contribution in [0.5, 0.6) is 11.5 Å². The summed E-state index contributed by atoms with van der Waals surface area (Å²) in [5, 5.41) is 4.16. The standard InChI is InChI=1S/C18H21N3O4/c1-20-11-12(10-19-20)17-15(8-9-16(22)21(17)2)18(23)25-14-6-4-13(24-3)5-7-14/h4-7,10-11,15,17H,8-9H2,1-3H3. The Kier molecular flexibility index (Phi) is 4.74. The molecule has 1 aliphatic heterocycles. The van der Waals surface area contributed by atoms with E-state index in [1.165, 1.54) is 0 Å².